The number of hydrogen-bond acceptors (Lipinski definition) is 4. The molecule has 0 saturated carbocycles. The van der Waals surface area contributed by atoms with E-state index in [2.05, 4.69) is 5.32 Å². The minimum Gasteiger partial charge on any atom is -0.493 e. The molecule has 1 amide bonds. The third-order valence-corrected chi connectivity index (χ3v) is 6.26. The maximum Gasteiger partial charge on any atom is 0.238 e. The van der Waals surface area contributed by atoms with Crippen molar-refractivity contribution in [3.8, 4) is 5.75 Å². The molecule has 0 unspecified atom stereocenters. The number of rotatable bonds is 4. The number of carbonyl (C=O) groups is 1. The van der Waals surface area contributed by atoms with Gasteiger partial charge in [0.15, 0.2) is 9.84 Å². The van der Waals surface area contributed by atoms with E-state index in [1.165, 1.54) is 19.1 Å². The lowest BCUT2D eigenvalue weighted by atomic mass is 10.0. The van der Waals surface area contributed by atoms with Crippen LogP contribution in [0.5, 0.6) is 5.75 Å². The summed E-state index contributed by atoms with van der Waals surface area (Å²) in [5, 5.41) is 1.70. The van der Waals surface area contributed by atoms with Gasteiger partial charge in [-0.15, -0.1) is 0 Å². The first-order valence-electron chi connectivity index (χ1n) is 7.81. The van der Waals surface area contributed by atoms with Crippen LogP contribution in [0.25, 0.3) is 0 Å². The van der Waals surface area contributed by atoms with Gasteiger partial charge in [0.25, 0.3) is 0 Å². The fraction of sp³-hybridized carbons (Fsp3) is 0.278. The summed E-state index contributed by atoms with van der Waals surface area (Å²) in [6.45, 7) is 1.91. The molecule has 1 N–H and O–H groups in total. The summed E-state index contributed by atoms with van der Waals surface area (Å²) in [4.78, 5) is 12.7. The first kappa shape index (κ1) is 16.5. The number of fused-ring (bicyclic) bond motifs is 1. The molecule has 126 valence electrons. The van der Waals surface area contributed by atoms with Gasteiger partial charge in [-0.2, -0.15) is 0 Å². The van der Waals surface area contributed by atoms with Crippen LogP contribution in [-0.4, -0.2) is 26.2 Å². The van der Waals surface area contributed by atoms with E-state index >= 15 is 0 Å². The maximum absolute atomic E-state index is 12.6. The molecule has 1 aliphatic heterocycles. The SMILES string of the molecule is C[C@@H](C(=O)N[C@H]1CCOc2ccccc21)S(=O)(=O)c1ccccc1. The Morgan fingerprint density at radius 1 is 1.12 bits per heavy atom. The van der Waals surface area contributed by atoms with Crippen molar-refractivity contribution >= 4 is 15.7 Å². The minimum atomic E-state index is -3.71. The van der Waals surface area contributed by atoms with Gasteiger partial charge in [0.05, 0.1) is 17.5 Å². The van der Waals surface area contributed by atoms with Crippen molar-refractivity contribution in [1.29, 1.82) is 0 Å². The number of carbonyl (C=O) groups excluding carboxylic acids is 1. The highest BCUT2D eigenvalue weighted by Crippen LogP contribution is 2.31. The maximum atomic E-state index is 12.6. The Hall–Kier alpha value is -2.34. The Kier molecular flexibility index (Phi) is 4.57. The van der Waals surface area contributed by atoms with Gasteiger partial charge >= 0.3 is 0 Å². The molecule has 6 heteroatoms. The predicted molar refractivity (Wildman–Crippen MR) is 90.5 cm³/mol. The predicted octanol–water partition coefficient (Wildman–Crippen LogP) is 2.49. The summed E-state index contributed by atoms with van der Waals surface area (Å²) in [6.07, 6.45) is 0.612. The van der Waals surface area contributed by atoms with Gasteiger partial charge in [0.1, 0.15) is 11.0 Å². The largest absolute Gasteiger partial charge is 0.493 e. The summed E-state index contributed by atoms with van der Waals surface area (Å²) >= 11 is 0. The van der Waals surface area contributed by atoms with Crippen LogP contribution in [0.15, 0.2) is 59.5 Å². The number of ether oxygens (including phenoxy) is 1. The van der Waals surface area contributed by atoms with Crippen LogP contribution in [0.2, 0.25) is 0 Å². The fourth-order valence-electron chi connectivity index (χ4n) is 2.74. The van der Waals surface area contributed by atoms with Crippen LogP contribution in [-0.2, 0) is 14.6 Å². The first-order chi connectivity index (χ1) is 11.5. The molecule has 24 heavy (non-hydrogen) atoms. The highest BCUT2D eigenvalue weighted by Gasteiger charge is 2.32. The molecule has 1 heterocycles. The lowest BCUT2D eigenvalue weighted by Gasteiger charge is -2.27. The second-order valence-electron chi connectivity index (χ2n) is 5.74. The molecule has 0 aromatic heterocycles. The molecule has 2 aromatic rings. The lowest BCUT2D eigenvalue weighted by Crippen LogP contribution is -2.41. The van der Waals surface area contributed by atoms with Gasteiger partial charge in [-0.3, -0.25) is 4.79 Å². The number of amides is 1. The first-order valence-corrected chi connectivity index (χ1v) is 9.36. The Morgan fingerprint density at radius 3 is 2.54 bits per heavy atom. The molecule has 0 saturated heterocycles. The molecule has 0 aliphatic carbocycles. The van der Waals surface area contributed by atoms with Gasteiger partial charge in [0.2, 0.25) is 5.91 Å². The number of para-hydroxylation sites is 1. The molecular weight excluding hydrogens is 326 g/mol. The third kappa shape index (κ3) is 3.14. The topological polar surface area (TPSA) is 72.5 Å². The zero-order valence-electron chi connectivity index (χ0n) is 13.3. The van der Waals surface area contributed by atoms with Crippen LogP contribution in [0.1, 0.15) is 24.9 Å². The Bertz CT molecular complexity index is 833. The smallest absolute Gasteiger partial charge is 0.238 e. The van der Waals surface area contributed by atoms with E-state index in [0.717, 1.165) is 11.3 Å². The van der Waals surface area contributed by atoms with E-state index in [0.29, 0.717) is 13.0 Å². The van der Waals surface area contributed by atoms with E-state index in [-0.39, 0.29) is 10.9 Å². The molecular formula is C18H19NO4S. The molecule has 3 rings (SSSR count). The minimum absolute atomic E-state index is 0.153. The van der Waals surface area contributed by atoms with Crippen molar-refractivity contribution in [1.82, 2.24) is 5.32 Å². The van der Waals surface area contributed by atoms with Crippen LogP contribution in [0, 0.1) is 0 Å². The number of sulfone groups is 1. The van der Waals surface area contributed by atoms with Crippen molar-refractivity contribution in [2.24, 2.45) is 0 Å². The number of hydrogen-bond donors (Lipinski definition) is 1. The van der Waals surface area contributed by atoms with Gasteiger partial charge in [0, 0.05) is 12.0 Å². The zero-order valence-corrected chi connectivity index (χ0v) is 14.1. The summed E-state index contributed by atoms with van der Waals surface area (Å²) in [7, 11) is -3.71. The van der Waals surface area contributed by atoms with Crippen LogP contribution < -0.4 is 10.1 Å². The van der Waals surface area contributed by atoms with Gasteiger partial charge in [-0.1, -0.05) is 36.4 Å². The van der Waals surface area contributed by atoms with Gasteiger partial charge in [-0.05, 0) is 25.1 Å². The Morgan fingerprint density at radius 2 is 1.79 bits per heavy atom. The second kappa shape index (κ2) is 6.65. The summed E-state index contributed by atoms with van der Waals surface area (Å²) in [6, 6.07) is 15.3. The molecule has 1 aliphatic rings. The molecule has 0 spiro atoms. The third-order valence-electron chi connectivity index (χ3n) is 4.18. The summed E-state index contributed by atoms with van der Waals surface area (Å²) in [5.74, 6) is 0.230. The zero-order chi connectivity index (χ0) is 17.2. The highest BCUT2D eigenvalue weighted by molar-refractivity contribution is 7.92. The van der Waals surface area contributed by atoms with E-state index < -0.39 is 21.0 Å². The van der Waals surface area contributed by atoms with Crippen molar-refractivity contribution in [2.75, 3.05) is 6.61 Å². The standard InChI is InChI=1S/C18H19NO4S/c1-13(24(21,22)14-7-3-2-4-8-14)18(20)19-16-11-12-23-17-10-6-5-9-15(16)17/h2-10,13,16H,11-12H2,1H3,(H,19,20)/t13-,16-/m0/s1. The van der Waals surface area contributed by atoms with Crippen molar-refractivity contribution < 1.29 is 17.9 Å². The van der Waals surface area contributed by atoms with E-state index in [1.54, 1.807) is 18.2 Å². The monoisotopic (exact) mass is 345 g/mol. The van der Waals surface area contributed by atoms with Crippen molar-refractivity contribution in [3.05, 3.63) is 60.2 Å². The Balaban J connectivity index is 1.79. The molecule has 2 aromatic carbocycles. The molecule has 2 atom stereocenters. The fourth-order valence-corrected chi connectivity index (χ4v) is 4.03. The summed E-state index contributed by atoms with van der Waals surface area (Å²) < 4.78 is 30.7. The van der Waals surface area contributed by atoms with Gasteiger partial charge < -0.3 is 10.1 Å². The molecule has 0 bridgehead atoms. The van der Waals surface area contributed by atoms with Crippen molar-refractivity contribution in [3.63, 3.8) is 0 Å². The van der Waals surface area contributed by atoms with E-state index in [9.17, 15) is 13.2 Å². The highest BCUT2D eigenvalue weighted by atomic mass is 32.2. The van der Waals surface area contributed by atoms with E-state index in [1.807, 2.05) is 24.3 Å². The molecule has 0 fully saturated rings. The van der Waals surface area contributed by atoms with E-state index in [4.69, 9.17) is 4.74 Å². The lowest BCUT2D eigenvalue weighted by molar-refractivity contribution is -0.121. The van der Waals surface area contributed by atoms with Crippen LogP contribution >= 0.6 is 0 Å². The van der Waals surface area contributed by atoms with Crippen molar-refractivity contribution in [2.45, 2.75) is 29.5 Å². The Labute approximate surface area is 141 Å². The normalized spacial score (nSPS) is 18.1. The average molecular weight is 345 g/mol. The van der Waals surface area contributed by atoms with Crippen LogP contribution in [0.4, 0.5) is 0 Å². The van der Waals surface area contributed by atoms with Crippen LogP contribution in [0.3, 0.4) is 0 Å². The number of nitrogens with one attached hydrogen (secondary N) is 1. The molecule has 5 nitrogen and oxygen atoms in total. The summed E-state index contributed by atoms with van der Waals surface area (Å²) in [5.41, 5.74) is 0.876. The van der Waals surface area contributed by atoms with Gasteiger partial charge in [-0.25, -0.2) is 8.42 Å². The quantitative estimate of drug-likeness (QED) is 0.924. The average Bonchev–Trinajstić information content (AvgIpc) is 2.62. The second-order valence-corrected chi connectivity index (χ2v) is 8.00. The number of benzene rings is 2. The molecule has 0 radical (unpaired) electrons.